The topological polar surface area (TPSA) is 106 Å². The van der Waals surface area contributed by atoms with Crippen LogP contribution in [0.3, 0.4) is 0 Å². The maximum atomic E-state index is 12.9. The molecule has 180 valence electrons. The van der Waals surface area contributed by atoms with Crippen molar-refractivity contribution in [2.45, 2.75) is 32.1 Å². The standard InChI is InChI=1S/C24H29N5O4S/c1-4-29(5-2)23-15-17(3)25-24(27-23)26-18-7-9-19(10-8-18)28-34(30,31)20-11-12-21-22(16-20)33-14-6-13-32-21/h7-12,15-16,28H,4-6,13-14H2,1-3H3,(H,25,26,27). The number of fused-ring (bicyclic) bond motifs is 1. The number of nitrogens with one attached hydrogen (secondary N) is 2. The Kier molecular flexibility index (Phi) is 7.06. The van der Waals surface area contributed by atoms with Crippen molar-refractivity contribution in [2.24, 2.45) is 0 Å². The van der Waals surface area contributed by atoms with Crippen LogP contribution >= 0.6 is 0 Å². The zero-order valence-electron chi connectivity index (χ0n) is 19.5. The van der Waals surface area contributed by atoms with Crippen LogP contribution < -0.4 is 24.4 Å². The molecule has 0 saturated carbocycles. The van der Waals surface area contributed by atoms with Crippen molar-refractivity contribution in [3.05, 3.63) is 54.2 Å². The molecule has 0 amide bonds. The summed E-state index contributed by atoms with van der Waals surface area (Å²) in [5.41, 5.74) is 2.04. The molecule has 0 atom stereocenters. The molecule has 1 aromatic heterocycles. The summed E-state index contributed by atoms with van der Waals surface area (Å²) < 4.78 is 39.6. The van der Waals surface area contributed by atoms with Gasteiger partial charge < -0.3 is 19.7 Å². The summed E-state index contributed by atoms with van der Waals surface area (Å²) in [6.07, 6.45) is 0.750. The van der Waals surface area contributed by atoms with Gasteiger partial charge in [-0.2, -0.15) is 4.98 Å². The molecule has 10 heteroatoms. The molecule has 2 aromatic carbocycles. The molecule has 34 heavy (non-hydrogen) atoms. The van der Waals surface area contributed by atoms with Gasteiger partial charge in [-0.3, -0.25) is 4.72 Å². The van der Waals surface area contributed by atoms with E-state index in [4.69, 9.17) is 9.47 Å². The summed E-state index contributed by atoms with van der Waals surface area (Å²) in [7, 11) is -3.79. The van der Waals surface area contributed by atoms with Crippen molar-refractivity contribution in [1.29, 1.82) is 0 Å². The second-order valence-corrected chi connectivity index (χ2v) is 9.51. The second-order valence-electron chi connectivity index (χ2n) is 7.83. The molecular weight excluding hydrogens is 454 g/mol. The van der Waals surface area contributed by atoms with E-state index in [0.29, 0.717) is 36.3 Å². The fraction of sp³-hybridized carbons (Fsp3) is 0.333. The average molecular weight is 484 g/mol. The van der Waals surface area contributed by atoms with Crippen LogP contribution in [0.5, 0.6) is 11.5 Å². The highest BCUT2D eigenvalue weighted by molar-refractivity contribution is 7.92. The smallest absolute Gasteiger partial charge is 0.262 e. The first-order chi connectivity index (χ1) is 16.4. The summed E-state index contributed by atoms with van der Waals surface area (Å²) in [5, 5.41) is 3.19. The molecule has 0 unspecified atom stereocenters. The molecule has 0 radical (unpaired) electrons. The fourth-order valence-electron chi connectivity index (χ4n) is 3.59. The van der Waals surface area contributed by atoms with Crippen LogP contribution in [0.15, 0.2) is 53.4 Å². The molecule has 0 bridgehead atoms. The summed E-state index contributed by atoms with van der Waals surface area (Å²) >= 11 is 0. The van der Waals surface area contributed by atoms with Crippen molar-refractivity contribution >= 4 is 33.2 Å². The second kappa shape index (κ2) is 10.2. The highest BCUT2D eigenvalue weighted by Gasteiger charge is 2.19. The minimum Gasteiger partial charge on any atom is -0.490 e. The molecule has 0 saturated heterocycles. The normalized spacial score (nSPS) is 13.1. The first kappa shape index (κ1) is 23.6. The summed E-state index contributed by atoms with van der Waals surface area (Å²) in [6.45, 7) is 8.83. The van der Waals surface area contributed by atoms with E-state index < -0.39 is 10.0 Å². The Hall–Kier alpha value is -3.53. The third-order valence-electron chi connectivity index (χ3n) is 5.35. The van der Waals surface area contributed by atoms with Crippen LogP contribution in [0.25, 0.3) is 0 Å². The number of aromatic nitrogens is 2. The maximum Gasteiger partial charge on any atom is 0.262 e. The Morgan fingerprint density at radius 1 is 0.912 bits per heavy atom. The van der Waals surface area contributed by atoms with Gasteiger partial charge in [0.1, 0.15) is 5.82 Å². The Labute approximate surface area is 200 Å². The number of hydrogen-bond donors (Lipinski definition) is 2. The molecule has 3 aromatic rings. The lowest BCUT2D eigenvalue weighted by molar-refractivity contribution is 0.297. The lowest BCUT2D eigenvalue weighted by Gasteiger charge is -2.20. The third kappa shape index (κ3) is 5.51. The maximum absolute atomic E-state index is 12.9. The van der Waals surface area contributed by atoms with Crippen LogP contribution in [0.1, 0.15) is 26.0 Å². The number of ether oxygens (including phenoxy) is 2. The number of anilines is 4. The van der Waals surface area contributed by atoms with E-state index in [1.54, 1.807) is 30.3 Å². The van der Waals surface area contributed by atoms with E-state index in [-0.39, 0.29) is 4.90 Å². The van der Waals surface area contributed by atoms with Crippen molar-refractivity contribution in [1.82, 2.24) is 9.97 Å². The van der Waals surface area contributed by atoms with Gasteiger partial charge in [-0.1, -0.05) is 0 Å². The predicted molar refractivity (Wildman–Crippen MR) is 133 cm³/mol. The van der Waals surface area contributed by atoms with Crippen LogP contribution in [0.4, 0.5) is 23.1 Å². The number of sulfonamides is 1. The van der Waals surface area contributed by atoms with Crippen LogP contribution in [0, 0.1) is 6.92 Å². The van der Waals surface area contributed by atoms with Gasteiger partial charge in [0.05, 0.1) is 18.1 Å². The van der Waals surface area contributed by atoms with Gasteiger partial charge in [-0.15, -0.1) is 0 Å². The van der Waals surface area contributed by atoms with E-state index in [1.807, 2.05) is 13.0 Å². The Morgan fingerprint density at radius 2 is 1.59 bits per heavy atom. The molecule has 0 aliphatic carbocycles. The summed E-state index contributed by atoms with van der Waals surface area (Å²) in [5.74, 6) is 2.33. The average Bonchev–Trinajstić information content (AvgIpc) is 3.06. The molecule has 1 aliphatic rings. The molecule has 1 aliphatic heterocycles. The van der Waals surface area contributed by atoms with E-state index in [9.17, 15) is 8.42 Å². The van der Waals surface area contributed by atoms with E-state index >= 15 is 0 Å². The Morgan fingerprint density at radius 3 is 2.29 bits per heavy atom. The minimum atomic E-state index is -3.79. The molecule has 9 nitrogen and oxygen atoms in total. The largest absolute Gasteiger partial charge is 0.490 e. The number of nitrogens with zero attached hydrogens (tertiary/aromatic N) is 3. The van der Waals surface area contributed by atoms with Gasteiger partial charge in [0.15, 0.2) is 11.5 Å². The molecule has 0 fully saturated rings. The van der Waals surface area contributed by atoms with Crippen LogP contribution in [0.2, 0.25) is 0 Å². The predicted octanol–water partition coefficient (Wildman–Crippen LogP) is 4.34. The van der Waals surface area contributed by atoms with Gasteiger partial charge in [0, 0.05) is 48.7 Å². The first-order valence-electron chi connectivity index (χ1n) is 11.3. The Bertz CT molecular complexity index is 1240. The molecule has 4 rings (SSSR count). The van der Waals surface area contributed by atoms with Gasteiger partial charge >= 0.3 is 0 Å². The van der Waals surface area contributed by atoms with Gasteiger partial charge in [-0.05, 0) is 57.2 Å². The van der Waals surface area contributed by atoms with Crippen molar-refractivity contribution < 1.29 is 17.9 Å². The highest BCUT2D eigenvalue weighted by Crippen LogP contribution is 2.32. The van der Waals surface area contributed by atoms with Gasteiger partial charge in [0.2, 0.25) is 5.95 Å². The minimum absolute atomic E-state index is 0.107. The lowest BCUT2D eigenvalue weighted by atomic mass is 10.3. The van der Waals surface area contributed by atoms with Crippen LogP contribution in [-0.4, -0.2) is 44.7 Å². The number of hydrogen-bond acceptors (Lipinski definition) is 8. The monoisotopic (exact) mass is 483 g/mol. The molecular formula is C24H29N5O4S. The quantitative estimate of drug-likeness (QED) is 0.488. The van der Waals surface area contributed by atoms with Gasteiger partial charge in [-0.25, -0.2) is 13.4 Å². The lowest BCUT2D eigenvalue weighted by Crippen LogP contribution is -2.23. The van der Waals surface area contributed by atoms with Crippen molar-refractivity contribution in [2.75, 3.05) is 41.2 Å². The van der Waals surface area contributed by atoms with Crippen molar-refractivity contribution in [3.63, 3.8) is 0 Å². The molecule has 0 spiro atoms. The summed E-state index contributed by atoms with van der Waals surface area (Å²) in [6, 6.07) is 13.5. The number of aryl methyl sites for hydroxylation is 1. The molecule has 2 N–H and O–H groups in total. The first-order valence-corrected chi connectivity index (χ1v) is 12.8. The fourth-order valence-corrected chi connectivity index (χ4v) is 4.67. The SMILES string of the molecule is CCN(CC)c1cc(C)nc(Nc2ccc(NS(=O)(=O)c3ccc4c(c3)OCCCO4)cc2)n1. The molecule has 2 heterocycles. The Balaban J connectivity index is 1.47. The highest BCUT2D eigenvalue weighted by atomic mass is 32.2. The van der Waals surface area contributed by atoms with Gasteiger partial charge in [0.25, 0.3) is 10.0 Å². The zero-order chi connectivity index (χ0) is 24.1. The van der Waals surface area contributed by atoms with Crippen molar-refractivity contribution in [3.8, 4) is 11.5 Å². The third-order valence-corrected chi connectivity index (χ3v) is 6.73. The number of rotatable bonds is 8. The zero-order valence-corrected chi connectivity index (χ0v) is 20.4. The summed E-state index contributed by atoms with van der Waals surface area (Å²) in [4.78, 5) is 11.3. The number of benzene rings is 2. The van der Waals surface area contributed by atoms with E-state index in [1.165, 1.54) is 12.1 Å². The van der Waals surface area contributed by atoms with Crippen LogP contribution in [-0.2, 0) is 10.0 Å². The van der Waals surface area contributed by atoms with E-state index in [2.05, 4.69) is 38.8 Å². The van der Waals surface area contributed by atoms with E-state index in [0.717, 1.165) is 36.7 Å².